The molecule has 0 bridgehead atoms. The summed E-state index contributed by atoms with van der Waals surface area (Å²) in [5.41, 5.74) is 2.08. The Kier molecular flexibility index (Phi) is 6.84. The SMILES string of the molecule is COc1ccc([Si](C)(C)C(CCO)[C@@H]2Oc3ccc(N4CCC4=O)cc3[C@H](OC)[C@H]2C)cc1. The summed E-state index contributed by atoms with van der Waals surface area (Å²) in [4.78, 5) is 13.8. The van der Waals surface area contributed by atoms with Crippen LogP contribution in [0.5, 0.6) is 11.5 Å². The molecule has 0 aromatic heterocycles. The highest BCUT2D eigenvalue weighted by molar-refractivity contribution is 6.91. The lowest BCUT2D eigenvalue weighted by atomic mass is 9.86. The molecule has 2 aliphatic heterocycles. The van der Waals surface area contributed by atoms with Gasteiger partial charge in [-0.2, -0.15) is 0 Å². The summed E-state index contributed by atoms with van der Waals surface area (Å²) in [6.45, 7) is 7.74. The van der Waals surface area contributed by atoms with Crippen molar-refractivity contribution in [2.24, 2.45) is 5.92 Å². The van der Waals surface area contributed by atoms with Crippen molar-refractivity contribution >= 4 is 24.9 Å². The quantitative estimate of drug-likeness (QED) is 0.469. The number of hydrogen-bond acceptors (Lipinski definition) is 5. The molecular formula is C26H35NO5Si. The number of β-lactam (4-membered cyclic amide) rings is 1. The topological polar surface area (TPSA) is 68.2 Å². The highest BCUT2D eigenvalue weighted by Gasteiger charge is 2.47. The minimum absolute atomic E-state index is 0.0881. The van der Waals surface area contributed by atoms with Crippen LogP contribution in [0.3, 0.4) is 0 Å². The standard InChI is InChI=1S/C26H35NO5Si/c1-17-25(31-3)21-16-18(27-14-12-24(27)29)6-11-22(21)32-26(17)23(13-15-28)33(4,5)20-9-7-19(30-2)8-10-20/h6-11,16-17,23,25-26,28H,12-15H2,1-5H3/t17-,23?,25-,26-/m1/s1. The van der Waals surface area contributed by atoms with Crippen molar-refractivity contribution in [1.82, 2.24) is 0 Å². The summed E-state index contributed by atoms with van der Waals surface area (Å²) < 4.78 is 18.0. The third-order valence-electron chi connectivity index (χ3n) is 7.57. The van der Waals surface area contributed by atoms with Gasteiger partial charge in [0.1, 0.15) is 17.6 Å². The summed E-state index contributed by atoms with van der Waals surface area (Å²) in [7, 11) is 1.37. The molecule has 0 radical (unpaired) electrons. The van der Waals surface area contributed by atoms with Crippen LogP contribution in [0.2, 0.25) is 18.6 Å². The van der Waals surface area contributed by atoms with Gasteiger partial charge in [-0.3, -0.25) is 4.79 Å². The minimum atomic E-state index is -2.04. The Morgan fingerprint density at radius 1 is 1.18 bits per heavy atom. The van der Waals surface area contributed by atoms with Gasteiger partial charge in [0.25, 0.3) is 0 Å². The first-order chi connectivity index (χ1) is 15.8. The number of anilines is 1. The van der Waals surface area contributed by atoms with Gasteiger partial charge in [-0.1, -0.05) is 37.3 Å². The zero-order valence-corrected chi connectivity index (χ0v) is 21.2. The van der Waals surface area contributed by atoms with Crippen LogP contribution in [-0.4, -0.2) is 52.6 Å². The number of ether oxygens (including phenoxy) is 3. The first kappa shape index (κ1) is 23.8. The molecule has 0 spiro atoms. The molecule has 1 unspecified atom stereocenters. The fourth-order valence-electron chi connectivity index (χ4n) is 5.43. The number of carbonyl (C=O) groups is 1. The Hall–Kier alpha value is -2.35. The fourth-order valence-corrected chi connectivity index (χ4v) is 8.93. The number of aliphatic hydroxyl groups is 1. The molecule has 0 aliphatic carbocycles. The first-order valence-corrected chi connectivity index (χ1v) is 14.8. The second-order valence-electron chi connectivity index (χ2n) is 9.68. The number of methoxy groups -OCH3 is 2. The van der Waals surface area contributed by atoms with Crippen LogP contribution in [0.4, 0.5) is 5.69 Å². The summed E-state index contributed by atoms with van der Waals surface area (Å²) in [5, 5.41) is 11.3. The van der Waals surface area contributed by atoms with E-state index in [0.29, 0.717) is 12.8 Å². The van der Waals surface area contributed by atoms with Crippen LogP contribution in [0, 0.1) is 5.92 Å². The second kappa shape index (κ2) is 9.48. The molecule has 2 aromatic carbocycles. The Morgan fingerprint density at radius 2 is 1.91 bits per heavy atom. The van der Waals surface area contributed by atoms with E-state index in [0.717, 1.165) is 29.3 Å². The average molecular weight is 470 g/mol. The van der Waals surface area contributed by atoms with E-state index in [-0.39, 0.29) is 36.2 Å². The molecule has 6 nitrogen and oxygen atoms in total. The molecule has 178 valence electrons. The maximum absolute atomic E-state index is 11.9. The van der Waals surface area contributed by atoms with E-state index in [1.54, 1.807) is 19.1 Å². The molecule has 4 rings (SSSR count). The fraction of sp³-hybridized carbons (Fsp3) is 0.500. The third-order valence-corrected chi connectivity index (χ3v) is 11.9. The molecule has 1 saturated heterocycles. The molecule has 2 aromatic rings. The Balaban J connectivity index is 1.68. The van der Waals surface area contributed by atoms with Gasteiger partial charge in [-0.25, -0.2) is 0 Å². The zero-order chi connectivity index (χ0) is 23.8. The number of carbonyl (C=O) groups excluding carboxylic acids is 1. The van der Waals surface area contributed by atoms with Gasteiger partial charge < -0.3 is 24.2 Å². The van der Waals surface area contributed by atoms with Crippen molar-refractivity contribution in [2.45, 2.75) is 50.6 Å². The van der Waals surface area contributed by atoms with Crippen molar-refractivity contribution in [3.05, 3.63) is 48.0 Å². The smallest absolute Gasteiger partial charge is 0.228 e. The van der Waals surface area contributed by atoms with Crippen LogP contribution < -0.4 is 19.6 Å². The molecule has 1 fully saturated rings. The Bertz CT molecular complexity index is 993. The first-order valence-electron chi connectivity index (χ1n) is 11.7. The predicted octanol–water partition coefficient (Wildman–Crippen LogP) is 3.88. The van der Waals surface area contributed by atoms with Crippen molar-refractivity contribution < 1.29 is 24.1 Å². The minimum Gasteiger partial charge on any atom is -0.497 e. The van der Waals surface area contributed by atoms with E-state index in [9.17, 15) is 9.90 Å². The largest absolute Gasteiger partial charge is 0.497 e. The maximum Gasteiger partial charge on any atom is 0.228 e. The monoisotopic (exact) mass is 469 g/mol. The molecule has 33 heavy (non-hydrogen) atoms. The lowest BCUT2D eigenvalue weighted by Crippen LogP contribution is -2.54. The van der Waals surface area contributed by atoms with Gasteiger partial charge in [0.2, 0.25) is 5.91 Å². The van der Waals surface area contributed by atoms with Crippen LogP contribution >= 0.6 is 0 Å². The van der Waals surface area contributed by atoms with Gasteiger partial charge >= 0.3 is 0 Å². The normalized spacial score (nSPS) is 23.4. The van der Waals surface area contributed by atoms with Gasteiger partial charge in [0.05, 0.1) is 21.3 Å². The Labute approximate surface area is 197 Å². The molecular weight excluding hydrogens is 434 g/mol. The zero-order valence-electron chi connectivity index (χ0n) is 20.2. The van der Waals surface area contributed by atoms with Crippen LogP contribution in [0.15, 0.2) is 42.5 Å². The highest BCUT2D eigenvalue weighted by Crippen LogP contribution is 2.48. The lowest BCUT2D eigenvalue weighted by Gasteiger charge is -2.46. The average Bonchev–Trinajstić information content (AvgIpc) is 2.81. The summed E-state index contributed by atoms with van der Waals surface area (Å²) >= 11 is 0. The van der Waals surface area contributed by atoms with E-state index in [4.69, 9.17) is 14.2 Å². The lowest BCUT2D eigenvalue weighted by molar-refractivity contribution is -0.122. The number of rotatable bonds is 8. The van der Waals surface area contributed by atoms with Gasteiger partial charge in [0, 0.05) is 43.9 Å². The van der Waals surface area contributed by atoms with Crippen LogP contribution in [0.1, 0.15) is 31.4 Å². The van der Waals surface area contributed by atoms with Crippen molar-refractivity contribution in [1.29, 1.82) is 0 Å². The van der Waals surface area contributed by atoms with Gasteiger partial charge in [-0.05, 0) is 42.3 Å². The molecule has 1 N–H and O–H groups in total. The molecule has 7 heteroatoms. The van der Waals surface area contributed by atoms with E-state index in [2.05, 4.69) is 32.2 Å². The molecule has 1 amide bonds. The Morgan fingerprint density at radius 3 is 2.45 bits per heavy atom. The molecule has 0 saturated carbocycles. The van der Waals surface area contributed by atoms with E-state index in [1.165, 1.54) is 5.19 Å². The van der Waals surface area contributed by atoms with Crippen LogP contribution in [0.25, 0.3) is 0 Å². The van der Waals surface area contributed by atoms with Crippen molar-refractivity contribution in [3.8, 4) is 11.5 Å². The maximum atomic E-state index is 11.9. The number of nitrogens with zero attached hydrogens (tertiary/aromatic N) is 1. The van der Waals surface area contributed by atoms with E-state index < -0.39 is 8.07 Å². The number of fused-ring (bicyclic) bond motifs is 1. The van der Waals surface area contributed by atoms with Crippen LogP contribution in [-0.2, 0) is 9.53 Å². The van der Waals surface area contributed by atoms with E-state index in [1.807, 2.05) is 30.3 Å². The summed E-state index contributed by atoms with van der Waals surface area (Å²) in [6, 6.07) is 14.3. The number of hydrogen-bond donors (Lipinski definition) is 1. The highest BCUT2D eigenvalue weighted by atomic mass is 28.3. The number of benzene rings is 2. The third kappa shape index (κ3) is 4.29. The number of aliphatic hydroxyl groups excluding tert-OH is 1. The van der Waals surface area contributed by atoms with Crippen molar-refractivity contribution in [2.75, 3.05) is 32.3 Å². The molecule has 2 aliphatic rings. The molecule has 4 atom stereocenters. The number of amides is 1. The summed E-state index contributed by atoms with van der Waals surface area (Å²) in [5.74, 6) is 1.90. The second-order valence-corrected chi connectivity index (χ2v) is 14.4. The van der Waals surface area contributed by atoms with Gasteiger partial charge in [-0.15, -0.1) is 0 Å². The summed E-state index contributed by atoms with van der Waals surface area (Å²) in [6.07, 6.45) is 1.05. The van der Waals surface area contributed by atoms with Crippen molar-refractivity contribution in [3.63, 3.8) is 0 Å². The van der Waals surface area contributed by atoms with Gasteiger partial charge in [0.15, 0.2) is 0 Å². The van der Waals surface area contributed by atoms with E-state index >= 15 is 0 Å². The molecule has 2 heterocycles. The predicted molar refractivity (Wildman–Crippen MR) is 132 cm³/mol.